The maximum atomic E-state index is 11.7. The Balaban J connectivity index is 3.91. The van der Waals surface area contributed by atoms with E-state index in [1.54, 1.807) is 0 Å². The lowest BCUT2D eigenvalue weighted by Gasteiger charge is -2.09. The Morgan fingerprint density at radius 3 is 1.70 bits per heavy atom. The number of rotatable bonds is 13. The van der Waals surface area contributed by atoms with E-state index in [4.69, 9.17) is 14.8 Å². The molecule has 23 heavy (non-hydrogen) atoms. The fraction of sp³-hybridized carbons (Fsp3) is 0.833. The predicted molar refractivity (Wildman–Crippen MR) is 83.1 cm³/mol. The number of nitrogens with two attached hydrogens (primary N) is 1. The summed E-state index contributed by atoms with van der Waals surface area (Å²) in [7, 11) is -8.07. The zero-order valence-corrected chi connectivity index (χ0v) is 14.3. The van der Waals surface area contributed by atoms with Crippen LogP contribution in [0.2, 0.25) is 0 Å². The van der Waals surface area contributed by atoms with Crippen molar-refractivity contribution in [2.75, 3.05) is 11.5 Å². The van der Waals surface area contributed by atoms with Crippen LogP contribution in [-0.4, -0.2) is 55.1 Å². The van der Waals surface area contributed by atoms with E-state index in [-0.39, 0.29) is 56.5 Å². The van der Waals surface area contributed by atoms with Crippen LogP contribution in [0.15, 0.2) is 0 Å². The molecule has 0 spiro atoms. The van der Waals surface area contributed by atoms with Gasteiger partial charge in [-0.1, -0.05) is 0 Å². The molecule has 9 nitrogen and oxygen atoms in total. The minimum absolute atomic E-state index is 0.0206. The van der Waals surface area contributed by atoms with Crippen LogP contribution >= 0.6 is 0 Å². The number of carbonyl (C=O) groups is 2. The Hall–Kier alpha value is -0.880. The van der Waals surface area contributed by atoms with E-state index in [1.165, 1.54) is 0 Å². The van der Waals surface area contributed by atoms with E-state index < -0.39 is 37.8 Å². The van der Waals surface area contributed by atoms with Gasteiger partial charge in [-0.05, 0) is 25.7 Å². The summed E-state index contributed by atoms with van der Waals surface area (Å²) in [5.41, 5.74) is 5.59. The number of ketones is 2. The van der Waals surface area contributed by atoms with Crippen molar-refractivity contribution in [3.8, 4) is 0 Å². The highest BCUT2D eigenvalue weighted by atomic mass is 32.2. The molecule has 11 heteroatoms. The van der Waals surface area contributed by atoms with Crippen molar-refractivity contribution in [3.63, 3.8) is 0 Å². The van der Waals surface area contributed by atoms with Crippen LogP contribution in [0.1, 0.15) is 44.9 Å². The van der Waals surface area contributed by atoms with E-state index in [1.807, 2.05) is 0 Å². The summed E-state index contributed by atoms with van der Waals surface area (Å²) in [6.07, 6.45) is 0.710. The number of hydrogen-bond donors (Lipinski definition) is 3. The van der Waals surface area contributed by atoms with Gasteiger partial charge in [-0.15, -0.1) is 0 Å². The highest BCUT2D eigenvalue weighted by Gasteiger charge is 2.17. The van der Waals surface area contributed by atoms with E-state index in [9.17, 15) is 26.4 Å². The van der Waals surface area contributed by atoms with Crippen LogP contribution in [0.3, 0.4) is 0 Å². The van der Waals surface area contributed by atoms with Crippen LogP contribution in [0.25, 0.3) is 0 Å². The van der Waals surface area contributed by atoms with Gasteiger partial charge in [0.2, 0.25) is 0 Å². The van der Waals surface area contributed by atoms with Crippen molar-refractivity contribution in [3.05, 3.63) is 0 Å². The molecule has 0 unspecified atom stereocenters. The average molecular weight is 373 g/mol. The summed E-state index contributed by atoms with van der Waals surface area (Å²) in [4.78, 5) is 23.3. The third-order valence-electron chi connectivity index (χ3n) is 3.04. The third kappa shape index (κ3) is 14.4. The third-order valence-corrected chi connectivity index (χ3v) is 4.65. The fourth-order valence-electron chi connectivity index (χ4n) is 1.84. The minimum atomic E-state index is -4.04. The van der Waals surface area contributed by atoms with Gasteiger partial charge in [0.15, 0.2) is 0 Å². The standard InChI is InChI=1S/C12H23NO8S2/c13-11(12(15)6-2-4-8-23(19,20)21)9-10(14)5-1-3-7-22(16,17)18/h11H,1-9,13H2,(H,16,17,18)(H,19,20,21)/t11-/m0/s1. The van der Waals surface area contributed by atoms with E-state index in [0.717, 1.165) is 0 Å². The zero-order valence-electron chi connectivity index (χ0n) is 12.7. The Kier molecular flexibility index (Phi) is 9.70. The molecule has 0 amide bonds. The van der Waals surface area contributed by atoms with Crippen LogP contribution in [0.4, 0.5) is 0 Å². The van der Waals surface area contributed by atoms with Gasteiger partial charge >= 0.3 is 0 Å². The lowest BCUT2D eigenvalue weighted by atomic mass is 10.0. The summed E-state index contributed by atoms with van der Waals surface area (Å²) in [6, 6.07) is -0.977. The smallest absolute Gasteiger partial charge is 0.264 e. The quantitative estimate of drug-likeness (QED) is 0.296. The SMILES string of the molecule is N[C@@H](CC(=O)CCCCS(=O)(=O)O)C(=O)CCCCS(=O)(=O)O. The monoisotopic (exact) mass is 373 g/mol. The number of unbranched alkanes of at least 4 members (excludes halogenated alkanes) is 2. The van der Waals surface area contributed by atoms with Crippen molar-refractivity contribution in [2.45, 2.75) is 51.0 Å². The molecular weight excluding hydrogens is 350 g/mol. The summed E-state index contributed by atoms with van der Waals surface area (Å²) in [6.45, 7) is 0. The van der Waals surface area contributed by atoms with Gasteiger partial charge in [-0.2, -0.15) is 16.8 Å². The van der Waals surface area contributed by atoms with E-state index >= 15 is 0 Å². The molecule has 0 fully saturated rings. The Labute approximate surface area is 136 Å². The van der Waals surface area contributed by atoms with Gasteiger partial charge in [-0.3, -0.25) is 18.7 Å². The normalized spacial score (nSPS) is 13.7. The van der Waals surface area contributed by atoms with Crippen molar-refractivity contribution in [2.24, 2.45) is 5.73 Å². The highest BCUT2D eigenvalue weighted by Crippen LogP contribution is 2.07. The minimum Gasteiger partial charge on any atom is -0.321 e. The summed E-state index contributed by atoms with van der Waals surface area (Å²) in [5, 5.41) is 0. The Morgan fingerprint density at radius 2 is 1.26 bits per heavy atom. The molecule has 0 bridgehead atoms. The molecule has 0 aliphatic rings. The van der Waals surface area contributed by atoms with Crippen LogP contribution in [0.5, 0.6) is 0 Å². The van der Waals surface area contributed by atoms with Gasteiger partial charge in [-0.25, -0.2) is 0 Å². The van der Waals surface area contributed by atoms with E-state index in [2.05, 4.69) is 0 Å². The Morgan fingerprint density at radius 1 is 0.826 bits per heavy atom. The van der Waals surface area contributed by atoms with Gasteiger partial charge in [0.1, 0.15) is 11.6 Å². The second-order valence-corrected chi connectivity index (χ2v) is 8.45. The van der Waals surface area contributed by atoms with Crippen LogP contribution in [-0.2, 0) is 29.8 Å². The molecule has 4 N–H and O–H groups in total. The molecule has 0 radical (unpaired) electrons. The maximum absolute atomic E-state index is 11.7. The fourth-order valence-corrected chi connectivity index (χ4v) is 2.97. The molecule has 0 aromatic carbocycles. The molecule has 0 aliphatic carbocycles. The van der Waals surface area contributed by atoms with Gasteiger partial charge in [0.25, 0.3) is 20.2 Å². The average Bonchev–Trinajstić information content (AvgIpc) is 2.37. The second-order valence-electron chi connectivity index (χ2n) is 5.30. The molecule has 136 valence electrons. The zero-order chi connectivity index (χ0) is 18.1. The van der Waals surface area contributed by atoms with Gasteiger partial charge in [0.05, 0.1) is 17.5 Å². The first kappa shape index (κ1) is 22.1. The molecule has 1 atom stereocenters. The van der Waals surface area contributed by atoms with Gasteiger partial charge < -0.3 is 5.73 Å². The van der Waals surface area contributed by atoms with Crippen molar-refractivity contribution < 1.29 is 35.5 Å². The van der Waals surface area contributed by atoms with Crippen molar-refractivity contribution >= 4 is 31.8 Å². The molecule has 0 aliphatic heterocycles. The number of Topliss-reactive ketones (excluding diaryl/α,β-unsaturated/α-hetero) is 2. The topological polar surface area (TPSA) is 169 Å². The molecular formula is C12H23NO8S2. The number of carbonyl (C=O) groups excluding carboxylic acids is 2. The first-order chi connectivity index (χ1) is 10.4. The van der Waals surface area contributed by atoms with Crippen molar-refractivity contribution in [1.29, 1.82) is 0 Å². The molecule has 0 saturated heterocycles. The molecule has 0 rings (SSSR count). The largest absolute Gasteiger partial charge is 0.321 e. The first-order valence-corrected chi connectivity index (χ1v) is 10.3. The van der Waals surface area contributed by atoms with Gasteiger partial charge in [0, 0.05) is 19.3 Å². The van der Waals surface area contributed by atoms with Crippen molar-refractivity contribution in [1.82, 2.24) is 0 Å². The number of hydrogen-bond acceptors (Lipinski definition) is 7. The molecule has 0 aromatic rings. The first-order valence-electron chi connectivity index (χ1n) is 7.11. The lowest BCUT2D eigenvalue weighted by Crippen LogP contribution is -2.32. The lowest BCUT2D eigenvalue weighted by molar-refractivity contribution is -0.125. The van der Waals surface area contributed by atoms with Crippen LogP contribution in [0, 0.1) is 0 Å². The highest BCUT2D eigenvalue weighted by molar-refractivity contribution is 7.86. The molecule has 0 heterocycles. The summed E-state index contributed by atoms with van der Waals surface area (Å²) in [5.74, 6) is -1.49. The predicted octanol–water partition coefficient (Wildman–Crippen LogP) is -0.0418. The summed E-state index contributed by atoms with van der Waals surface area (Å²) >= 11 is 0. The molecule has 0 saturated carbocycles. The molecule has 0 aromatic heterocycles. The maximum Gasteiger partial charge on any atom is 0.264 e. The van der Waals surface area contributed by atoms with Crippen LogP contribution < -0.4 is 5.73 Å². The Bertz CT molecular complexity index is 597. The summed E-state index contributed by atoms with van der Waals surface area (Å²) < 4.78 is 59.0. The second kappa shape index (κ2) is 10.1. The van der Waals surface area contributed by atoms with E-state index in [0.29, 0.717) is 0 Å².